The van der Waals surface area contributed by atoms with Gasteiger partial charge in [0.05, 0.1) is 12.8 Å². The molecule has 0 radical (unpaired) electrons. The quantitative estimate of drug-likeness (QED) is 0.864. The van der Waals surface area contributed by atoms with Gasteiger partial charge in [0, 0.05) is 19.6 Å². The molecule has 2 aromatic rings. The second kappa shape index (κ2) is 7.86. The van der Waals surface area contributed by atoms with Gasteiger partial charge in [-0.15, -0.1) is 0 Å². The van der Waals surface area contributed by atoms with Gasteiger partial charge in [0.1, 0.15) is 18.1 Å². The van der Waals surface area contributed by atoms with Crippen molar-refractivity contribution in [3.63, 3.8) is 0 Å². The number of nitrogens with one attached hydrogen (secondary N) is 1. The highest BCUT2D eigenvalue weighted by Gasteiger charge is 2.32. The molecule has 1 aliphatic rings. The summed E-state index contributed by atoms with van der Waals surface area (Å²) in [6, 6.07) is 13.1. The lowest BCUT2D eigenvalue weighted by atomic mass is 10.2. The fraction of sp³-hybridized carbons (Fsp3) is 0.263. The van der Waals surface area contributed by atoms with E-state index < -0.39 is 5.82 Å². The van der Waals surface area contributed by atoms with Crippen LogP contribution in [-0.2, 0) is 11.3 Å². The Kier molecular flexibility index (Phi) is 5.36. The molecule has 136 valence electrons. The van der Waals surface area contributed by atoms with Gasteiger partial charge in [0.15, 0.2) is 0 Å². The Balaban J connectivity index is 1.55. The van der Waals surface area contributed by atoms with E-state index in [9.17, 15) is 14.0 Å². The van der Waals surface area contributed by atoms with Crippen molar-refractivity contribution in [2.75, 3.05) is 31.6 Å². The Bertz CT molecular complexity index is 812. The van der Waals surface area contributed by atoms with E-state index in [0.29, 0.717) is 25.4 Å². The SMILES string of the molecule is COc1cccc(CNC(=O)CN2CCN(c3ccccc3F)C2=O)c1. The molecule has 1 aliphatic heterocycles. The zero-order valence-corrected chi connectivity index (χ0v) is 14.4. The lowest BCUT2D eigenvalue weighted by Gasteiger charge is -2.19. The van der Waals surface area contributed by atoms with E-state index in [1.54, 1.807) is 25.3 Å². The average Bonchev–Trinajstić information content (AvgIpc) is 3.01. The highest BCUT2D eigenvalue weighted by atomic mass is 19.1. The number of rotatable bonds is 6. The Morgan fingerprint density at radius 2 is 2.00 bits per heavy atom. The molecule has 0 unspecified atom stereocenters. The number of carbonyl (C=O) groups excluding carboxylic acids is 2. The summed E-state index contributed by atoms with van der Waals surface area (Å²) >= 11 is 0. The first-order valence-corrected chi connectivity index (χ1v) is 8.29. The number of nitrogens with zero attached hydrogens (tertiary/aromatic N) is 2. The van der Waals surface area contributed by atoms with Gasteiger partial charge in [-0.05, 0) is 29.8 Å². The molecule has 26 heavy (non-hydrogen) atoms. The number of benzene rings is 2. The molecule has 6 nitrogen and oxygen atoms in total. The molecule has 1 heterocycles. The summed E-state index contributed by atoms with van der Waals surface area (Å²) in [6.07, 6.45) is 0. The highest BCUT2D eigenvalue weighted by molar-refractivity contribution is 5.96. The summed E-state index contributed by atoms with van der Waals surface area (Å²) in [7, 11) is 1.58. The molecule has 1 fully saturated rings. The number of ether oxygens (including phenoxy) is 1. The summed E-state index contributed by atoms with van der Waals surface area (Å²) in [6.45, 7) is 1.01. The van der Waals surface area contributed by atoms with E-state index in [1.165, 1.54) is 15.9 Å². The lowest BCUT2D eigenvalue weighted by molar-refractivity contribution is -0.121. The van der Waals surface area contributed by atoms with Gasteiger partial charge in [-0.3, -0.25) is 9.69 Å². The molecule has 0 bridgehead atoms. The van der Waals surface area contributed by atoms with Crippen molar-refractivity contribution < 1.29 is 18.7 Å². The van der Waals surface area contributed by atoms with Crippen LogP contribution in [0.2, 0.25) is 0 Å². The highest BCUT2D eigenvalue weighted by Crippen LogP contribution is 2.23. The second-order valence-electron chi connectivity index (χ2n) is 5.94. The fourth-order valence-corrected chi connectivity index (χ4v) is 2.84. The molecule has 1 N–H and O–H groups in total. The van der Waals surface area contributed by atoms with Crippen LogP contribution in [-0.4, -0.2) is 43.6 Å². The number of hydrogen-bond acceptors (Lipinski definition) is 3. The zero-order valence-electron chi connectivity index (χ0n) is 14.4. The van der Waals surface area contributed by atoms with Crippen LogP contribution in [0.15, 0.2) is 48.5 Å². The maximum Gasteiger partial charge on any atom is 0.325 e. The first-order valence-electron chi connectivity index (χ1n) is 8.29. The van der Waals surface area contributed by atoms with Gasteiger partial charge < -0.3 is 15.0 Å². The summed E-state index contributed by atoms with van der Waals surface area (Å²) in [5.41, 5.74) is 1.13. The van der Waals surface area contributed by atoms with Crippen molar-refractivity contribution in [3.8, 4) is 5.75 Å². The lowest BCUT2D eigenvalue weighted by Crippen LogP contribution is -2.39. The molecule has 0 atom stereocenters. The summed E-state index contributed by atoms with van der Waals surface area (Å²) in [4.78, 5) is 27.4. The summed E-state index contributed by atoms with van der Waals surface area (Å²) < 4.78 is 19.0. The standard InChI is InChI=1S/C19H20FN3O3/c1-26-15-6-4-5-14(11-15)12-21-18(24)13-22-9-10-23(19(22)25)17-8-3-2-7-16(17)20/h2-8,11H,9-10,12-13H2,1H3,(H,21,24). The molecule has 0 aliphatic carbocycles. The topological polar surface area (TPSA) is 61.9 Å². The first kappa shape index (κ1) is 17.7. The second-order valence-corrected chi connectivity index (χ2v) is 5.94. The number of halogens is 1. The van der Waals surface area contributed by atoms with Gasteiger partial charge >= 0.3 is 6.03 Å². The van der Waals surface area contributed by atoms with Gasteiger partial charge in [-0.1, -0.05) is 24.3 Å². The Morgan fingerprint density at radius 1 is 1.19 bits per heavy atom. The third-order valence-electron chi connectivity index (χ3n) is 4.20. The number of hydrogen-bond donors (Lipinski definition) is 1. The van der Waals surface area contributed by atoms with Crippen LogP contribution in [0.4, 0.5) is 14.9 Å². The van der Waals surface area contributed by atoms with Gasteiger partial charge in [0.25, 0.3) is 0 Å². The summed E-state index contributed by atoms with van der Waals surface area (Å²) in [5, 5.41) is 2.78. The molecule has 0 saturated carbocycles. The van der Waals surface area contributed by atoms with E-state index in [0.717, 1.165) is 5.56 Å². The van der Waals surface area contributed by atoms with Crippen LogP contribution in [0.25, 0.3) is 0 Å². The molecule has 0 spiro atoms. The van der Waals surface area contributed by atoms with E-state index >= 15 is 0 Å². The average molecular weight is 357 g/mol. The molecular weight excluding hydrogens is 337 g/mol. The maximum absolute atomic E-state index is 13.9. The normalized spacial score (nSPS) is 13.8. The van der Waals surface area contributed by atoms with Crippen LogP contribution in [0.1, 0.15) is 5.56 Å². The van der Waals surface area contributed by atoms with Crippen molar-refractivity contribution in [3.05, 3.63) is 59.9 Å². The van der Waals surface area contributed by atoms with E-state index in [4.69, 9.17) is 4.74 Å². The Hall–Kier alpha value is -3.09. The number of methoxy groups -OCH3 is 1. The number of urea groups is 1. The van der Waals surface area contributed by atoms with E-state index in [2.05, 4.69) is 5.32 Å². The molecule has 2 aromatic carbocycles. The monoisotopic (exact) mass is 357 g/mol. The van der Waals surface area contributed by atoms with Crippen molar-refractivity contribution in [2.45, 2.75) is 6.54 Å². The smallest absolute Gasteiger partial charge is 0.325 e. The molecular formula is C19H20FN3O3. The molecule has 7 heteroatoms. The molecule has 3 rings (SSSR count). The van der Waals surface area contributed by atoms with Gasteiger partial charge in [-0.25, -0.2) is 9.18 Å². The molecule has 3 amide bonds. The van der Waals surface area contributed by atoms with Crippen molar-refractivity contribution in [1.29, 1.82) is 0 Å². The van der Waals surface area contributed by atoms with E-state index in [1.807, 2.05) is 24.3 Å². The predicted molar refractivity (Wildman–Crippen MR) is 95.6 cm³/mol. The van der Waals surface area contributed by atoms with Crippen LogP contribution in [0, 0.1) is 5.82 Å². The number of carbonyl (C=O) groups is 2. The van der Waals surface area contributed by atoms with Gasteiger partial charge in [-0.2, -0.15) is 0 Å². The first-order chi connectivity index (χ1) is 12.6. The van der Waals surface area contributed by atoms with Crippen molar-refractivity contribution in [2.24, 2.45) is 0 Å². The third kappa shape index (κ3) is 3.93. The predicted octanol–water partition coefficient (Wildman–Crippen LogP) is 2.39. The van der Waals surface area contributed by atoms with Gasteiger partial charge in [0.2, 0.25) is 5.91 Å². The number of anilines is 1. The minimum atomic E-state index is -0.454. The minimum absolute atomic E-state index is 0.0618. The van der Waals surface area contributed by atoms with E-state index in [-0.39, 0.29) is 24.2 Å². The van der Waals surface area contributed by atoms with Crippen LogP contribution < -0.4 is 15.0 Å². The van der Waals surface area contributed by atoms with Crippen LogP contribution >= 0.6 is 0 Å². The zero-order chi connectivity index (χ0) is 18.5. The minimum Gasteiger partial charge on any atom is -0.497 e. The Labute approximate surface area is 151 Å². The van der Waals surface area contributed by atoms with Crippen molar-refractivity contribution in [1.82, 2.24) is 10.2 Å². The fourth-order valence-electron chi connectivity index (χ4n) is 2.84. The van der Waals surface area contributed by atoms with Crippen molar-refractivity contribution >= 4 is 17.6 Å². The molecule has 0 aromatic heterocycles. The molecule has 1 saturated heterocycles. The number of amides is 3. The Morgan fingerprint density at radius 3 is 2.77 bits per heavy atom. The third-order valence-corrected chi connectivity index (χ3v) is 4.20. The largest absolute Gasteiger partial charge is 0.497 e. The summed E-state index contributed by atoms with van der Waals surface area (Å²) in [5.74, 6) is -0.00581. The maximum atomic E-state index is 13.9. The van der Waals surface area contributed by atoms with Crippen LogP contribution in [0.5, 0.6) is 5.75 Å². The van der Waals surface area contributed by atoms with Crippen LogP contribution in [0.3, 0.4) is 0 Å². The number of para-hydroxylation sites is 1.